The normalized spacial score (nSPS) is 28.6. The maximum absolute atomic E-state index is 12.8. The number of morpholine rings is 1. The largest absolute Gasteiger partial charge is 0.422 e. The molecular weight excluding hydrogens is 370 g/mol. The molecule has 3 atom stereocenters. The number of ether oxygens (including phenoxy) is 1. The lowest BCUT2D eigenvalue weighted by Gasteiger charge is -2.33. The van der Waals surface area contributed by atoms with Gasteiger partial charge < -0.3 is 19.4 Å². The van der Waals surface area contributed by atoms with Gasteiger partial charge in [0.2, 0.25) is 11.6 Å². The number of oxazole rings is 1. The molecule has 1 amide bonds. The van der Waals surface area contributed by atoms with E-state index in [1.165, 1.54) is 0 Å². The van der Waals surface area contributed by atoms with Crippen LogP contribution in [0.1, 0.15) is 31.9 Å². The van der Waals surface area contributed by atoms with Gasteiger partial charge in [-0.25, -0.2) is 4.98 Å². The average Bonchev–Trinajstić information content (AvgIpc) is 3.30. The van der Waals surface area contributed by atoms with Gasteiger partial charge in [0, 0.05) is 49.9 Å². The van der Waals surface area contributed by atoms with Gasteiger partial charge >= 0.3 is 0 Å². The van der Waals surface area contributed by atoms with E-state index in [0.29, 0.717) is 23.3 Å². The maximum Gasteiger partial charge on any atom is 0.299 e. The predicted molar refractivity (Wildman–Crippen MR) is 109 cm³/mol. The summed E-state index contributed by atoms with van der Waals surface area (Å²) in [5, 5.41) is 3.30. The van der Waals surface area contributed by atoms with Crippen LogP contribution in [0.4, 0.5) is 6.01 Å². The smallest absolute Gasteiger partial charge is 0.299 e. The highest BCUT2D eigenvalue weighted by atomic mass is 16.5. The molecule has 0 aromatic carbocycles. The highest BCUT2D eigenvalue weighted by molar-refractivity contribution is 5.79. The quantitative estimate of drug-likeness (QED) is 0.841. The van der Waals surface area contributed by atoms with E-state index in [1.54, 1.807) is 0 Å². The molecule has 0 aliphatic carbocycles. The van der Waals surface area contributed by atoms with Crippen LogP contribution in [-0.2, 0) is 9.53 Å². The van der Waals surface area contributed by atoms with E-state index in [-0.39, 0.29) is 24.0 Å². The Morgan fingerprint density at radius 3 is 2.86 bits per heavy atom. The van der Waals surface area contributed by atoms with Crippen molar-refractivity contribution in [3.05, 3.63) is 17.8 Å². The molecule has 0 radical (unpaired) electrons. The van der Waals surface area contributed by atoms with Crippen molar-refractivity contribution in [1.82, 2.24) is 20.2 Å². The first-order chi connectivity index (χ1) is 14.0. The summed E-state index contributed by atoms with van der Waals surface area (Å²) in [7, 11) is 0. The number of carbonyl (C=O) groups is 1. The van der Waals surface area contributed by atoms with Crippen molar-refractivity contribution in [1.29, 1.82) is 0 Å². The number of nitrogens with zero attached hydrogens (tertiary/aromatic N) is 4. The van der Waals surface area contributed by atoms with Crippen LogP contribution in [0.3, 0.4) is 0 Å². The number of carbonyl (C=O) groups excluding carboxylic acids is 1. The van der Waals surface area contributed by atoms with E-state index in [0.717, 1.165) is 57.7 Å². The molecule has 5 rings (SSSR count). The SMILES string of the molecule is Cc1ccc2oc(N3CCC(C(=O)N[C@H]4C[C@H]5CO[C@H](C)CN5C4)CC3)nc2n1. The Labute approximate surface area is 170 Å². The number of piperidine rings is 1. The summed E-state index contributed by atoms with van der Waals surface area (Å²) in [6.45, 7) is 8.30. The van der Waals surface area contributed by atoms with Crippen LogP contribution >= 0.6 is 0 Å². The third-order valence-corrected chi connectivity index (χ3v) is 6.46. The van der Waals surface area contributed by atoms with Crippen molar-refractivity contribution >= 4 is 23.2 Å². The zero-order valence-corrected chi connectivity index (χ0v) is 17.1. The summed E-state index contributed by atoms with van der Waals surface area (Å²) in [5.74, 6) is 0.252. The zero-order chi connectivity index (χ0) is 20.0. The number of amides is 1. The molecule has 0 saturated carbocycles. The van der Waals surface area contributed by atoms with E-state index >= 15 is 0 Å². The van der Waals surface area contributed by atoms with E-state index in [2.05, 4.69) is 32.0 Å². The van der Waals surface area contributed by atoms with Crippen LogP contribution < -0.4 is 10.2 Å². The molecule has 5 heterocycles. The second-order valence-corrected chi connectivity index (χ2v) is 8.73. The van der Waals surface area contributed by atoms with Gasteiger partial charge in [0.15, 0.2) is 5.58 Å². The number of pyridine rings is 1. The molecule has 1 N–H and O–H groups in total. The monoisotopic (exact) mass is 399 g/mol. The van der Waals surface area contributed by atoms with Crippen LogP contribution in [0.5, 0.6) is 0 Å². The van der Waals surface area contributed by atoms with Gasteiger partial charge in [-0.1, -0.05) is 0 Å². The van der Waals surface area contributed by atoms with Crippen LogP contribution in [0.2, 0.25) is 0 Å². The van der Waals surface area contributed by atoms with Crippen molar-refractivity contribution < 1.29 is 13.9 Å². The molecule has 8 heteroatoms. The minimum Gasteiger partial charge on any atom is -0.422 e. The van der Waals surface area contributed by atoms with E-state index in [4.69, 9.17) is 9.15 Å². The van der Waals surface area contributed by atoms with E-state index in [1.807, 2.05) is 19.1 Å². The van der Waals surface area contributed by atoms with Crippen LogP contribution in [0.25, 0.3) is 11.2 Å². The number of hydrogen-bond acceptors (Lipinski definition) is 7. The second kappa shape index (κ2) is 7.57. The molecule has 29 heavy (non-hydrogen) atoms. The van der Waals surface area contributed by atoms with E-state index in [9.17, 15) is 4.79 Å². The number of hydrogen-bond donors (Lipinski definition) is 1. The Hall–Kier alpha value is -2.19. The lowest BCUT2D eigenvalue weighted by atomic mass is 9.95. The Morgan fingerprint density at radius 1 is 1.21 bits per heavy atom. The fourth-order valence-electron chi connectivity index (χ4n) is 4.83. The van der Waals surface area contributed by atoms with Crippen molar-refractivity contribution in [2.24, 2.45) is 5.92 Å². The standard InChI is InChI=1S/C21H29N5O3/c1-13-3-4-18-19(22-13)24-21(29-18)25-7-5-15(6-8-25)20(27)23-16-9-17-12-28-14(2)10-26(17)11-16/h3-4,14-17H,5-12H2,1-2H3,(H,23,27)/t14-,16+,17+/m1/s1. The highest BCUT2D eigenvalue weighted by Gasteiger charge is 2.38. The average molecular weight is 399 g/mol. The third-order valence-electron chi connectivity index (χ3n) is 6.46. The van der Waals surface area contributed by atoms with Gasteiger partial charge in [-0.05, 0) is 45.2 Å². The number of rotatable bonds is 3. The third kappa shape index (κ3) is 3.83. The first kappa shape index (κ1) is 18.8. The van der Waals surface area contributed by atoms with Gasteiger partial charge in [0.05, 0.1) is 12.7 Å². The van der Waals surface area contributed by atoms with Gasteiger partial charge in [0.1, 0.15) is 0 Å². The summed E-state index contributed by atoms with van der Waals surface area (Å²) in [6, 6.07) is 5.14. The fourth-order valence-corrected chi connectivity index (χ4v) is 4.83. The van der Waals surface area contributed by atoms with Crippen molar-refractivity contribution in [2.45, 2.75) is 51.3 Å². The molecule has 3 fully saturated rings. The number of aromatic nitrogens is 2. The second-order valence-electron chi connectivity index (χ2n) is 8.73. The molecule has 2 aromatic rings. The van der Waals surface area contributed by atoms with Gasteiger partial charge in [0.25, 0.3) is 6.01 Å². The molecule has 3 aliphatic heterocycles. The molecule has 0 spiro atoms. The number of anilines is 1. The summed E-state index contributed by atoms with van der Waals surface area (Å²) >= 11 is 0. The Balaban J connectivity index is 1.15. The number of aryl methyl sites for hydroxylation is 1. The molecular formula is C21H29N5O3. The molecule has 0 bridgehead atoms. The van der Waals surface area contributed by atoms with Crippen molar-refractivity contribution in [2.75, 3.05) is 37.7 Å². The first-order valence-electron chi connectivity index (χ1n) is 10.7. The fraction of sp³-hybridized carbons (Fsp3) is 0.667. The van der Waals surface area contributed by atoms with Gasteiger partial charge in [-0.15, -0.1) is 0 Å². The predicted octanol–water partition coefficient (Wildman–Crippen LogP) is 1.73. The molecule has 3 aliphatic rings. The molecule has 3 saturated heterocycles. The highest BCUT2D eigenvalue weighted by Crippen LogP contribution is 2.27. The molecule has 2 aromatic heterocycles. The maximum atomic E-state index is 12.8. The Bertz CT molecular complexity index is 892. The van der Waals surface area contributed by atoms with Gasteiger partial charge in [-0.3, -0.25) is 9.69 Å². The summed E-state index contributed by atoms with van der Waals surface area (Å²) in [4.78, 5) is 26.3. The Morgan fingerprint density at radius 2 is 2.03 bits per heavy atom. The Kier molecular flexibility index (Phi) is 4.91. The topological polar surface area (TPSA) is 83.7 Å². The van der Waals surface area contributed by atoms with Crippen LogP contribution in [-0.4, -0.2) is 71.7 Å². The molecule has 0 unspecified atom stereocenters. The minimum atomic E-state index is 0.0591. The minimum absolute atomic E-state index is 0.0591. The summed E-state index contributed by atoms with van der Waals surface area (Å²) in [5.41, 5.74) is 2.29. The van der Waals surface area contributed by atoms with E-state index < -0.39 is 0 Å². The molecule has 8 nitrogen and oxygen atoms in total. The van der Waals surface area contributed by atoms with Crippen molar-refractivity contribution in [3.8, 4) is 0 Å². The summed E-state index contributed by atoms with van der Waals surface area (Å²) < 4.78 is 11.6. The number of fused-ring (bicyclic) bond motifs is 2. The lowest BCUT2D eigenvalue weighted by molar-refractivity contribution is -0.126. The molecule has 156 valence electrons. The van der Waals surface area contributed by atoms with Crippen molar-refractivity contribution in [3.63, 3.8) is 0 Å². The zero-order valence-electron chi connectivity index (χ0n) is 17.1. The van der Waals surface area contributed by atoms with Crippen LogP contribution in [0, 0.1) is 12.8 Å². The summed E-state index contributed by atoms with van der Waals surface area (Å²) in [6.07, 6.45) is 2.91. The first-order valence-corrected chi connectivity index (χ1v) is 10.7. The van der Waals surface area contributed by atoms with Crippen LogP contribution in [0.15, 0.2) is 16.5 Å². The van der Waals surface area contributed by atoms with Gasteiger partial charge in [-0.2, -0.15) is 4.98 Å². The number of nitrogens with one attached hydrogen (secondary N) is 1. The lowest BCUT2D eigenvalue weighted by Crippen LogP contribution is -2.46.